The molecule has 0 radical (unpaired) electrons. The standard InChI is InChI=1S/C10H19NO4S/c1-2-15-10(12)5-7-16(13,14)9-4-3-6-11-8-9/h9,11H,2-8H2,1H3. The summed E-state index contributed by atoms with van der Waals surface area (Å²) < 4.78 is 28.4. The van der Waals surface area contributed by atoms with Gasteiger partial charge in [0.1, 0.15) is 0 Å². The van der Waals surface area contributed by atoms with Crippen LogP contribution in [0.3, 0.4) is 0 Å². The largest absolute Gasteiger partial charge is 0.466 e. The van der Waals surface area contributed by atoms with Crippen molar-refractivity contribution in [2.75, 3.05) is 25.4 Å². The second kappa shape index (κ2) is 6.20. The van der Waals surface area contributed by atoms with Crippen molar-refractivity contribution in [3.05, 3.63) is 0 Å². The van der Waals surface area contributed by atoms with Gasteiger partial charge >= 0.3 is 5.97 Å². The molecule has 0 aromatic carbocycles. The van der Waals surface area contributed by atoms with Crippen LogP contribution in [0.4, 0.5) is 0 Å². The third kappa shape index (κ3) is 4.09. The zero-order chi connectivity index (χ0) is 12.0. The Labute approximate surface area is 96.5 Å². The lowest BCUT2D eigenvalue weighted by Gasteiger charge is -2.22. The molecule has 1 fully saturated rings. The van der Waals surface area contributed by atoms with E-state index in [0.717, 1.165) is 13.0 Å². The Morgan fingerprint density at radius 1 is 1.50 bits per heavy atom. The highest BCUT2D eigenvalue weighted by molar-refractivity contribution is 7.92. The predicted molar refractivity (Wildman–Crippen MR) is 60.9 cm³/mol. The summed E-state index contributed by atoms with van der Waals surface area (Å²) in [5, 5.41) is 2.72. The van der Waals surface area contributed by atoms with Gasteiger partial charge in [0, 0.05) is 6.54 Å². The van der Waals surface area contributed by atoms with Gasteiger partial charge in [0.05, 0.1) is 24.0 Å². The summed E-state index contributed by atoms with van der Waals surface area (Å²) in [6, 6.07) is 0. The zero-order valence-electron chi connectivity index (χ0n) is 9.57. The van der Waals surface area contributed by atoms with Gasteiger partial charge in [-0.05, 0) is 26.3 Å². The third-order valence-electron chi connectivity index (χ3n) is 2.66. The molecule has 1 heterocycles. The number of ether oxygens (including phenoxy) is 1. The summed E-state index contributed by atoms with van der Waals surface area (Å²) in [6.07, 6.45) is 1.54. The molecule has 1 N–H and O–H groups in total. The van der Waals surface area contributed by atoms with E-state index in [1.165, 1.54) is 0 Å². The zero-order valence-corrected chi connectivity index (χ0v) is 10.4. The van der Waals surface area contributed by atoms with E-state index >= 15 is 0 Å². The van der Waals surface area contributed by atoms with Gasteiger partial charge < -0.3 is 10.1 Å². The molecule has 5 nitrogen and oxygen atoms in total. The molecular weight excluding hydrogens is 230 g/mol. The van der Waals surface area contributed by atoms with Crippen LogP contribution in [-0.2, 0) is 19.4 Å². The molecule has 0 bridgehead atoms. The van der Waals surface area contributed by atoms with E-state index in [1.807, 2.05) is 0 Å². The van der Waals surface area contributed by atoms with Crippen LogP contribution in [0.1, 0.15) is 26.2 Å². The fraction of sp³-hybridized carbons (Fsp3) is 0.900. The highest BCUT2D eigenvalue weighted by Crippen LogP contribution is 2.13. The van der Waals surface area contributed by atoms with Crippen LogP contribution < -0.4 is 5.32 Å². The maximum atomic E-state index is 11.8. The Bertz CT molecular complexity index is 320. The van der Waals surface area contributed by atoms with E-state index in [2.05, 4.69) is 5.32 Å². The van der Waals surface area contributed by atoms with Crippen molar-refractivity contribution in [2.24, 2.45) is 0 Å². The molecule has 1 aliphatic rings. The van der Waals surface area contributed by atoms with Crippen molar-refractivity contribution >= 4 is 15.8 Å². The lowest BCUT2D eigenvalue weighted by Crippen LogP contribution is -2.40. The van der Waals surface area contributed by atoms with E-state index in [4.69, 9.17) is 4.74 Å². The molecule has 0 saturated carbocycles. The number of hydrogen-bond donors (Lipinski definition) is 1. The number of sulfone groups is 1. The Morgan fingerprint density at radius 3 is 2.81 bits per heavy atom. The van der Waals surface area contributed by atoms with Gasteiger partial charge in [-0.2, -0.15) is 0 Å². The maximum Gasteiger partial charge on any atom is 0.306 e. The second-order valence-corrected chi connectivity index (χ2v) is 6.29. The molecule has 0 aromatic heterocycles. The van der Waals surface area contributed by atoms with Gasteiger partial charge in [-0.3, -0.25) is 4.79 Å². The predicted octanol–water partition coefficient (Wildman–Crippen LogP) is 0.106. The minimum Gasteiger partial charge on any atom is -0.466 e. The fourth-order valence-corrected chi connectivity index (χ4v) is 3.43. The quantitative estimate of drug-likeness (QED) is 0.700. The molecule has 16 heavy (non-hydrogen) atoms. The molecule has 0 aromatic rings. The molecule has 6 heteroatoms. The molecule has 94 valence electrons. The highest BCUT2D eigenvalue weighted by atomic mass is 32.2. The van der Waals surface area contributed by atoms with Crippen LogP contribution in [0.15, 0.2) is 0 Å². The molecular formula is C10H19NO4S. The monoisotopic (exact) mass is 249 g/mol. The molecule has 1 atom stereocenters. The smallest absolute Gasteiger partial charge is 0.306 e. The number of carbonyl (C=O) groups is 1. The maximum absolute atomic E-state index is 11.8. The Morgan fingerprint density at radius 2 is 2.25 bits per heavy atom. The first-order valence-electron chi connectivity index (χ1n) is 5.64. The molecule has 1 saturated heterocycles. The summed E-state index contributed by atoms with van der Waals surface area (Å²) in [5.74, 6) is -0.534. The summed E-state index contributed by atoms with van der Waals surface area (Å²) in [6.45, 7) is 3.39. The minimum absolute atomic E-state index is 0.0350. The lowest BCUT2D eigenvalue weighted by molar-refractivity contribution is -0.142. The van der Waals surface area contributed by atoms with Crippen molar-refractivity contribution in [3.63, 3.8) is 0 Å². The van der Waals surface area contributed by atoms with E-state index in [1.54, 1.807) is 6.92 Å². The van der Waals surface area contributed by atoms with Crippen molar-refractivity contribution in [2.45, 2.75) is 31.4 Å². The van der Waals surface area contributed by atoms with Gasteiger partial charge in [-0.25, -0.2) is 8.42 Å². The van der Waals surface area contributed by atoms with E-state index in [0.29, 0.717) is 19.6 Å². The molecule has 0 spiro atoms. The number of carbonyl (C=O) groups excluding carboxylic acids is 1. The van der Waals surface area contributed by atoms with Gasteiger partial charge in [-0.1, -0.05) is 0 Å². The summed E-state index contributed by atoms with van der Waals surface area (Å²) in [4.78, 5) is 11.1. The molecule has 1 unspecified atom stereocenters. The van der Waals surface area contributed by atoms with Crippen molar-refractivity contribution in [1.82, 2.24) is 5.32 Å². The Hall–Kier alpha value is -0.620. The average Bonchev–Trinajstić information content (AvgIpc) is 2.28. The van der Waals surface area contributed by atoms with Gasteiger partial charge in [0.15, 0.2) is 9.84 Å². The second-order valence-electron chi connectivity index (χ2n) is 3.89. The normalized spacial score (nSPS) is 21.7. The summed E-state index contributed by atoms with van der Waals surface area (Å²) in [7, 11) is -3.16. The van der Waals surface area contributed by atoms with Gasteiger partial charge in [0.25, 0.3) is 0 Å². The van der Waals surface area contributed by atoms with Crippen molar-refractivity contribution in [3.8, 4) is 0 Å². The number of rotatable bonds is 5. The van der Waals surface area contributed by atoms with Crippen LogP contribution in [0, 0.1) is 0 Å². The van der Waals surface area contributed by atoms with Crippen LogP contribution >= 0.6 is 0 Å². The first kappa shape index (κ1) is 13.4. The van der Waals surface area contributed by atoms with E-state index in [-0.39, 0.29) is 17.4 Å². The third-order valence-corrected chi connectivity index (χ3v) is 4.85. The summed E-state index contributed by atoms with van der Waals surface area (Å²) >= 11 is 0. The SMILES string of the molecule is CCOC(=O)CCS(=O)(=O)C1CCCNC1. The molecule has 0 amide bonds. The van der Waals surface area contributed by atoms with Crippen LogP contribution in [0.5, 0.6) is 0 Å². The highest BCUT2D eigenvalue weighted by Gasteiger charge is 2.27. The molecule has 1 aliphatic heterocycles. The van der Waals surface area contributed by atoms with Crippen molar-refractivity contribution in [1.29, 1.82) is 0 Å². The number of esters is 1. The number of hydrogen-bond acceptors (Lipinski definition) is 5. The lowest BCUT2D eigenvalue weighted by atomic mass is 10.2. The van der Waals surface area contributed by atoms with Gasteiger partial charge in [0.2, 0.25) is 0 Å². The minimum atomic E-state index is -3.16. The molecule has 0 aliphatic carbocycles. The Balaban J connectivity index is 2.41. The first-order chi connectivity index (χ1) is 7.56. The number of nitrogens with one attached hydrogen (secondary N) is 1. The average molecular weight is 249 g/mol. The molecule has 1 rings (SSSR count). The topological polar surface area (TPSA) is 72.5 Å². The Kier molecular flexibility index (Phi) is 5.21. The van der Waals surface area contributed by atoms with Crippen LogP contribution in [-0.4, -0.2) is 45.1 Å². The van der Waals surface area contributed by atoms with Crippen LogP contribution in [0.2, 0.25) is 0 Å². The summed E-state index contributed by atoms with van der Waals surface area (Å²) in [5.41, 5.74) is 0. The van der Waals surface area contributed by atoms with Crippen LogP contribution in [0.25, 0.3) is 0 Å². The number of piperidine rings is 1. The van der Waals surface area contributed by atoms with Crippen molar-refractivity contribution < 1.29 is 17.9 Å². The fourth-order valence-electron chi connectivity index (χ4n) is 1.75. The van der Waals surface area contributed by atoms with Gasteiger partial charge in [-0.15, -0.1) is 0 Å². The van der Waals surface area contributed by atoms with E-state index < -0.39 is 15.8 Å². The first-order valence-corrected chi connectivity index (χ1v) is 7.35. The van der Waals surface area contributed by atoms with E-state index in [9.17, 15) is 13.2 Å².